The van der Waals surface area contributed by atoms with Gasteiger partial charge in [0.15, 0.2) is 0 Å². The first-order valence-corrected chi connectivity index (χ1v) is 8.92. The Morgan fingerprint density at radius 1 is 1.26 bits per heavy atom. The third-order valence-corrected chi connectivity index (χ3v) is 5.19. The molecular formula is C16H26BrNS. The molecule has 0 aliphatic heterocycles. The van der Waals surface area contributed by atoms with Gasteiger partial charge >= 0.3 is 0 Å². The molecule has 0 aromatic heterocycles. The third-order valence-electron chi connectivity index (χ3n) is 3.12. The fraction of sp³-hybridized carbons (Fsp3) is 0.625. The van der Waals surface area contributed by atoms with Crippen LogP contribution in [0.4, 0.5) is 0 Å². The van der Waals surface area contributed by atoms with Gasteiger partial charge in [-0.15, -0.1) is 11.8 Å². The van der Waals surface area contributed by atoms with Crippen LogP contribution in [0.5, 0.6) is 0 Å². The standard InChI is InChI=1S/C16H26BrNS/c1-5-13(4)11-19-15-7-6-14(16(17)8-15)10-18-9-12(2)3/h6-8,12-13,18H,5,9-11H2,1-4H3. The molecule has 1 nitrogen and oxygen atoms in total. The molecule has 0 amide bonds. The smallest absolute Gasteiger partial charge is 0.0231 e. The molecule has 0 saturated heterocycles. The van der Waals surface area contributed by atoms with Crippen LogP contribution >= 0.6 is 27.7 Å². The van der Waals surface area contributed by atoms with Crippen molar-refractivity contribution in [1.82, 2.24) is 5.32 Å². The number of hydrogen-bond acceptors (Lipinski definition) is 2. The van der Waals surface area contributed by atoms with Crippen LogP contribution in [0.3, 0.4) is 0 Å². The summed E-state index contributed by atoms with van der Waals surface area (Å²) in [7, 11) is 0. The Kier molecular flexibility index (Phi) is 8.12. The van der Waals surface area contributed by atoms with Crippen LogP contribution in [0.1, 0.15) is 39.7 Å². The molecule has 0 radical (unpaired) electrons. The number of thioether (sulfide) groups is 1. The van der Waals surface area contributed by atoms with Gasteiger partial charge in [-0.05, 0) is 36.1 Å². The number of benzene rings is 1. The van der Waals surface area contributed by atoms with Gasteiger partial charge < -0.3 is 5.32 Å². The molecule has 0 aliphatic carbocycles. The minimum absolute atomic E-state index is 0.698. The predicted octanol–water partition coefficient (Wildman–Crippen LogP) is 5.33. The number of hydrogen-bond donors (Lipinski definition) is 1. The van der Waals surface area contributed by atoms with Gasteiger partial charge in [0.1, 0.15) is 0 Å². The Morgan fingerprint density at radius 2 is 2.00 bits per heavy atom. The van der Waals surface area contributed by atoms with E-state index >= 15 is 0 Å². The van der Waals surface area contributed by atoms with Crippen LogP contribution in [0.15, 0.2) is 27.6 Å². The molecule has 1 atom stereocenters. The molecular weight excluding hydrogens is 318 g/mol. The zero-order valence-electron chi connectivity index (χ0n) is 12.5. The zero-order chi connectivity index (χ0) is 14.3. The lowest BCUT2D eigenvalue weighted by Gasteiger charge is -2.11. The van der Waals surface area contributed by atoms with Crippen LogP contribution in [-0.4, -0.2) is 12.3 Å². The number of halogens is 1. The molecule has 0 heterocycles. The third kappa shape index (κ3) is 6.82. The molecule has 1 aromatic rings. The largest absolute Gasteiger partial charge is 0.312 e. The lowest BCUT2D eigenvalue weighted by atomic mass is 10.2. The maximum absolute atomic E-state index is 3.69. The first-order chi connectivity index (χ1) is 9.02. The molecule has 19 heavy (non-hydrogen) atoms. The average Bonchev–Trinajstić information content (AvgIpc) is 2.37. The topological polar surface area (TPSA) is 12.0 Å². The fourth-order valence-electron chi connectivity index (χ4n) is 1.61. The van der Waals surface area contributed by atoms with E-state index in [2.05, 4.69) is 67.1 Å². The van der Waals surface area contributed by atoms with Gasteiger partial charge in [-0.1, -0.05) is 56.1 Å². The van der Waals surface area contributed by atoms with Crippen LogP contribution in [0, 0.1) is 11.8 Å². The predicted molar refractivity (Wildman–Crippen MR) is 90.9 cm³/mol. The number of rotatable bonds is 8. The monoisotopic (exact) mass is 343 g/mol. The van der Waals surface area contributed by atoms with Crippen molar-refractivity contribution in [3.05, 3.63) is 28.2 Å². The summed E-state index contributed by atoms with van der Waals surface area (Å²) in [5.41, 5.74) is 1.34. The van der Waals surface area contributed by atoms with Gasteiger partial charge in [0, 0.05) is 21.7 Å². The normalized spacial score (nSPS) is 12.9. The molecule has 1 aromatic carbocycles. The minimum atomic E-state index is 0.698. The highest BCUT2D eigenvalue weighted by Gasteiger charge is 2.04. The molecule has 108 valence electrons. The van der Waals surface area contributed by atoms with Crippen molar-refractivity contribution < 1.29 is 0 Å². The zero-order valence-corrected chi connectivity index (χ0v) is 14.9. The lowest BCUT2D eigenvalue weighted by molar-refractivity contribution is 0.551. The van der Waals surface area contributed by atoms with Gasteiger partial charge in [0.2, 0.25) is 0 Å². The summed E-state index contributed by atoms with van der Waals surface area (Å²) < 4.78 is 1.22. The summed E-state index contributed by atoms with van der Waals surface area (Å²) in [4.78, 5) is 1.36. The van der Waals surface area contributed by atoms with Crippen LogP contribution in [0.25, 0.3) is 0 Å². The molecule has 0 bridgehead atoms. The van der Waals surface area contributed by atoms with E-state index in [9.17, 15) is 0 Å². The molecule has 1 unspecified atom stereocenters. The van der Waals surface area contributed by atoms with Crippen LogP contribution < -0.4 is 5.32 Å². The Morgan fingerprint density at radius 3 is 2.58 bits per heavy atom. The summed E-state index contributed by atoms with van der Waals surface area (Å²) >= 11 is 5.64. The Hall–Kier alpha value is 0.01000. The summed E-state index contributed by atoms with van der Waals surface area (Å²) in [5, 5.41) is 3.48. The van der Waals surface area contributed by atoms with E-state index in [1.54, 1.807) is 0 Å². The fourth-order valence-corrected chi connectivity index (χ4v) is 3.36. The first kappa shape index (κ1) is 17.1. The second kappa shape index (κ2) is 9.04. The SMILES string of the molecule is CCC(C)CSc1ccc(CNCC(C)C)c(Br)c1. The second-order valence-electron chi connectivity index (χ2n) is 5.60. The van der Waals surface area contributed by atoms with Gasteiger partial charge in [0.25, 0.3) is 0 Å². The van der Waals surface area contributed by atoms with Gasteiger partial charge in [-0.25, -0.2) is 0 Å². The highest BCUT2D eigenvalue weighted by molar-refractivity contribution is 9.10. The Bertz CT molecular complexity index is 379. The van der Waals surface area contributed by atoms with Crippen molar-refractivity contribution in [2.24, 2.45) is 11.8 Å². The summed E-state index contributed by atoms with van der Waals surface area (Å²) in [6, 6.07) is 6.72. The van der Waals surface area contributed by atoms with Crippen molar-refractivity contribution in [2.45, 2.75) is 45.6 Å². The highest BCUT2D eigenvalue weighted by atomic mass is 79.9. The van der Waals surface area contributed by atoms with E-state index in [0.29, 0.717) is 5.92 Å². The lowest BCUT2D eigenvalue weighted by Crippen LogP contribution is -2.19. The van der Waals surface area contributed by atoms with E-state index < -0.39 is 0 Å². The molecule has 1 N–H and O–H groups in total. The molecule has 3 heteroatoms. The summed E-state index contributed by atoms with van der Waals surface area (Å²) in [5.74, 6) is 2.69. The van der Waals surface area contributed by atoms with E-state index in [4.69, 9.17) is 0 Å². The maximum Gasteiger partial charge on any atom is 0.0231 e. The first-order valence-electron chi connectivity index (χ1n) is 7.14. The molecule has 0 spiro atoms. The minimum Gasteiger partial charge on any atom is -0.312 e. The molecule has 0 aliphatic rings. The molecule has 0 fully saturated rings. The van der Waals surface area contributed by atoms with Crippen molar-refractivity contribution in [3.63, 3.8) is 0 Å². The quantitative estimate of drug-likeness (QED) is 0.640. The van der Waals surface area contributed by atoms with Gasteiger partial charge in [-0.2, -0.15) is 0 Å². The summed E-state index contributed by atoms with van der Waals surface area (Å²) in [6.07, 6.45) is 1.26. The average molecular weight is 344 g/mol. The van der Waals surface area contributed by atoms with Crippen molar-refractivity contribution in [1.29, 1.82) is 0 Å². The Labute approximate surface area is 131 Å². The second-order valence-corrected chi connectivity index (χ2v) is 7.55. The van der Waals surface area contributed by atoms with Crippen molar-refractivity contribution in [2.75, 3.05) is 12.3 Å². The van der Waals surface area contributed by atoms with Crippen molar-refractivity contribution in [3.8, 4) is 0 Å². The van der Waals surface area contributed by atoms with Crippen LogP contribution in [-0.2, 0) is 6.54 Å². The molecule has 0 saturated carbocycles. The van der Waals surface area contributed by atoms with E-state index in [0.717, 1.165) is 19.0 Å². The highest BCUT2D eigenvalue weighted by Crippen LogP contribution is 2.27. The van der Waals surface area contributed by atoms with Crippen LogP contribution in [0.2, 0.25) is 0 Å². The van der Waals surface area contributed by atoms with Crippen molar-refractivity contribution >= 4 is 27.7 Å². The Balaban J connectivity index is 2.49. The number of nitrogens with one attached hydrogen (secondary N) is 1. The van der Waals surface area contributed by atoms with E-state index in [1.807, 2.05) is 11.8 Å². The van der Waals surface area contributed by atoms with Gasteiger partial charge in [-0.3, -0.25) is 0 Å². The summed E-state index contributed by atoms with van der Waals surface area (Å²) in [6.45, 7) is 11.0. The van der Waals surface area contributed by atoms with Gasteiger partial charge in [0.05, 0.1) is 0 Å². The van der Waals surface area contributed by atoms with E-state index in [-0.39, 0.29) is 0 Å². The maximum atomic E-state index is 3.69. The molecule has 1 rings (SSSR count). The van der Waals surface area contributed by atoms with E-state index in [1.165, 1.54) is 27.1 Å².